The maximum absolute atomic E-state index is 12.9. The summed E-state index contributed by atoms with van der Waals surface area (Å²) in [5.74, 6) is 1.45. The van der Waals surface area contributed by atoms with E-state index in [1.165, 1.54) is 21.5 Å². The van der Waals surface area contributed by atoms with E-state index in [0.717, 1.165) is 49.2 Å². The molecule has 2 aromatic rings. The van der Waals surface area contributed by atoms with Crippen LogP contribution in [0.15, 0.2) is 83.5 Å². The summed E-state index contributed by atoms with van der Waals surface area (Å²) in [6.45, 7) is 20.7. The van der Waals surface area contributed by atoms with E-state index in [1.54, 1.807) is 7.11 Å². The molecule has 2 aliphatic carbocycles. The first-order chi connectivity index (χ1) is 22.5. The van der Waals surface area contributed by atoms with Crippen molar-refractivity contribution in [3.8, 4) is 0 Å². The van der Waals surface area contributed by atoms with E-state index in [4.69, 9.17) is 13.9 Å². The molecule has 0 amide bonds. The maximum Gasteiger partial charge on any atom is 0.261 e. The Morgan fingerprint density at radius 2 is 1.44 bits per heavy atom. The summed E-state index contributed by atoms with van der Waals surface area (Å²) in [7, 11) is -1.08. The van der Waals surface area contributed by atoms with Gasteiger partial charge in [-0.15, -0.1) is 23.5 Å². The third-order valence-electron chi connectivity index (χ3n) is 11.7. The van der Waals surface area contributed by atoms with Crippen LogP contribution in [0.4, 0.5) is 0 Å². The predicted octanol–water partition coefficient (Wildman–Crippen LogP) is 9.12. The van der Waals surface area contributed by atoms with E-state index in [1.807, 2.05) is 13.8 Å². The number of benzene rings is 2. The minimum atomic E-state index is -2.78. The van der Waals surface area contributed by atoms with Gasteiger partial charge >= 0.3 is 0 Å². The molecule has 5 rings (SSSR count). The van der Waals surface area contributed by atoms with Gasteiger partial charge in [0.1, 0.15) is 6.10 Å². The summed E-state index contributed by atoms with van der Waals surface area (Å²) < 4.78 is 20.6. The number of rotatable bonds is 11. The third kappa shape index (κ3) is 6.83. The second-order valence-electron chi connectivity index (χ2n) is 16.3. The zero-order valence-electron chi connectivity index (χ0n) is 31.2. The number of hydrogen-bond acceptors (Lipinski definition) is 6. The molecule has 1 heterocycles. The molecule has 1 saturated heterocycles. The number of hydrogen-bond donors (Lipinski definition) is 1. The van der Waals surface area contributed by atoms with Crippen LogP contribution in [-0.2, 0) is 13.9 Å². The number of allylic oxidation sites excluding steroid dienone is 2. The molecule has 1 spiro atoms. The van der Waals surface area contributed by atoms with Gasteiger partial charge in [0.05, 0.1) is 16.8 Å². The molecule has 48 heavy (non-hydrogen) atoms. The Hall–Kier alpha value is -1.32. The quantitative estimate of drug-likeness (QED) is 0.143. The molecule has 0 unspecified atom stereocenters. The second kappa shape index (κ2) is 14.4. The van der Waals surface area contributed by atoms with Gasteiger partial charge in [0.15, 0.2) is 5.79 Å². The number of thioether (sulfide) groups is 2. The zero-order chi connectivity index (χ0) is 35.0. The van der Waals surface area contributed by atoms with Crippen molar-refractivity contribution in [3.05, 3.63) is 83.5 Å². The molecule has 0 bridgehead atoms. The van der Waals surface area contributed by atoms with Gasteiger partial charge in [-0.1, -0.05) is 114 Å². The van der Waals surface area contributed by atoms with Gasteiger partial charge in [-0.3, -0.25) is 0 Å². The van der Waals surface area contributed by atoms with E-state index in [0.29, 0.717) is 6.61 Å². The molecule has 0 saturated carbocycles. The van der Waals surface area contributed by atoms with Crippen LogP contribution in [0.25, 0.3) is 0 Å². The summed E-state index contributed by atoms with van der Waals surface area (Å²) in [6.07, 6.45) is 6.18. The van der Waals surface area contributed by atoms with Crippen LogP contribution >= 0.6 is 23.5 Å². The Labute approximate surface area is 301 Å². The normalized spacial score (nSPS) is 24.4. The van der Waals surface area contributed by atoms with Crippen molar-refractivity contribution in [2.75, 3.05) is 25.2 Å². The summed E-state index contributed by atoms with van der Waals surface area (Å²) in [4.78, 5) is 0. The minimum absolute atomic E-state index is 0.0721. The highest BCUT2D eigenvalue weighted by atomic mass is 32.2. The molecule has 0 aromatic heterocycles. The Morgan fingerprint density at radius 1 is 0.875 bits per heavy atom. The van der Waals surface area contributed by atoms with Crippen LogP contribution < -0.4 is 10.4 Å². The van der Waals surface area contributed by atoms with Crippen LogP contribution in [0, 0.1) is 10.8 Å². The SMILES string of the molecule is COC(C)(C)O[C@@H]([C@H](O)C1=C(C)CCC2(SCCS2)C1(C)C)[C@]1(C)CCCC=C1CO[Si](c1ccccc1)(c1ccccc1)C(C)(C)C. The molecule has 4 nitrogen and oxygen atoms in total. The molecule has 1 aliphatic heterocycles. The molecule has 0 radical (unpaired) electrons. The van der Waals surface area contributed by atoms with E-state index in [-0.39, 0.29) is 14.5 Å². The van der Waals surface area contributed by atoms with Crippen molar-refractivity contribution in [2.45, 2.75) is 122 Å². The Kier molecular flexibility index (Phi) is 11.3. The van der Waals surface area contributed by atoms with E-state index in [2.05, 4.69) is 139 Å². The fourth-order valence-electron chi connectivity index (χ4n) is 8.80. The average molecular weight is 709 g/mol. The summed E-state index contributed by atoms with van der Waals surface area (Å²) in [5.41, 5.74) is 3.03. The predicted molar refractivity (Wildman–Crippen MR) is 209 cm³/mol. The van der Waals surface area contributed by atoms with Crippen molar-refractivity contribution in [1.29, 1.82) is 0 Å². The third-order valence-corrected chi connectivity index (χ3v) is 20.8. The smallest absolute Gasteiger partial charge is 0.261 e. The standard InChI is InChI=1S/C41H60O4S2Si/c1-30-24-26-41(46-27-28-47-41)38(5,6)34(30)35(42)36(45-39(7,8)43-10)40(9)25-18-17-19-31(40)29-44-48(37(2,3)4,32-20-13-11-14-21-32)33-22-15-12-16-23-33/h11-16,19-23,35-36,42H,17-18,24-29H2,1-10H3/t35-,36+,40-/m1/s1. The second-order valence-corrected chi connectivity index (χ2v) is 23.7. The molecule has 3 aliphatic rings. The summed E-state index contributed by atoms with van der Waals surface area (Å²) >= 11 is 4.19. The molecular weight excluding hydrogens is 649 g/mol. The Balaban J connectivity index is 1.59. The Bertz CT molecular complexity index is 1420. The molecule has 264 valence electrons. The largest absolute Gasteiger partial charge is 0.403 e. The van der Waals surface area contributed by atoms with Crippen LogP contribution in [0.2, 0.25) is 5.04 Å². The topological polar surface area (TPSA) is 47.9 Å². The van der Waals surface area contributed by atoms with Crippen molar-refractivity contribution in [1.82, 2.24) is 0 Å². The molecule has 7 heteroatoms. The van der Waals surface area contributed by atoms with E-state index < -0.39 is 31.7 Å². The summed E-state index contributed by atoms with van der Waals surface area (Å²) in [6, 6.07) is 21.8. The van der Waals surface area contributed by atoms with Gasteiger partial charge in [-0.2, -0.15) is 0 Å². The van der Waals surface area contributed by atoms with Gasteiger partial charge in [-0.05, 0) is 79.4 Å². The maximum atomic E-state index is 12.9. The van der Waals surface area contributed by atoms with E-state index in [9.17, 15) is 5.11 Å². The molecule has 3 atom stereocenters. The number of ether oxygens (including phenoxy) is 2. The lowest BCUT2D eigenvalue weighted by atomic mass is 9.63. The van der Waals surface area contributed by atoms with Gasteiger partial charge in [0.2, 0.25) is 0 Å². The number of aliphatic hydroxyl groups is 1. The first-order valence-corrected chi connectivity index (χ1v) is 21.8. The van der Waals surface area contributed by atoms with Crippen LogP contribution in [0.5, 0.6) is 0 Å². The number of aliphatic hydroxyl groups excluding tert-OH is 1. The lowest BCUT2D eigenvalue weighted by Crippen LogP contribution is -2.67. The van der Waals surface area contributed by atoms with Crippen molar-refractivity contribution < 1.29 is 19.0 Å². The van der Waals surface area contributed by atoms with Crippen LogP contribution in [0.3, 0.4) is 0 Å². The van der Waals surface area contributed by atoms with Gasteiger partial charge in [0.25, 0.3) is 8.32 Å². The molecule has 1 N–H and O–H groups in total. The monoisotopic (exact) mass is 708 g/mol. The van der Waals surface area contributed by atoms with Gasteiger partial charge in [-0.25, -0.2) is 0 Å². The molecular formula is C41H60O4S2Si. The highest BCUT2D eigenvalue weighted by molar-refractivity contribution is 8.21. The van der Waals surface area contributed by atoms with Gasteiger partial charge < -0.3 is 19.0 Å². The molecule has 2 aromatic carbocycles. The van der Waals surface area contributed by atoms with Crippen LogP contribution in [0.1, 0.15) is 94.4 Å². The lowest BCUT2D eigenvalue weighted by molar-refractivity contribution is -0.258. The fourth-order valence-corrected chi connectivity index (χ4v) is 16.9. The van der Waals surface area contributed by atoms with Crippen molar-refractivity contribution in [2.24, 2.45) is 10.8 Å². The number of methoxy groups -OCH3 is 1. The Morgan fingerprint density at radius 3 is 1.96 bits per heavy atom. The summed E-state index contributed by atoms with van der Waals surface area (Å²) in [5, 5.41) is 15.3. The van der Waals surface area contributed by atoms with E-state index >= 15 is 0 Å². The van der Waals surface area contributed by atoms with Crippen molar-refractivity contribution >= 4 is 42.2 Å². The highest BCUT2D eigenvalue weighted by Gasteiger charge is 2.58. The first-order valence-electron chi connectivity index (χ1n) is 17.9. The fraction of sp³-hybridized carbons (Fsp3) is 0.610. The zero-order valence-corrected chi connectivity index (χ0v) is 33.8. The van der Waals surface area contributed by atoms with Crippen molar-refractivity contribution in [3.63, 3.8) is 0 Å². The minimum Gasteiger partial charge on any atom is -0.403 e. The van der Waals surface area contributed by atoms with Gasteiger partial charge in [0, 0.05) is 29.4 Å². The highest BCUT2D eigenvalue weighted by Crippen LogP contribution is 2.64. The van der Waals surface area contributed by atoms with Crippen LogP contribution in [-0.4, -0.2) is 60.7 Å². The average Bonchev–Trinajstić information content (AvgIpc) is 3.54. The first kappa shape index (κ1) is 37.9. The molecule has 1 fully saturated rings. The lowest BCUT2D eigenvalue weighted by Gasteiger charge is -2.54.